The van der Waals surface area contributed by atoms with E-state index >= 15 is 0 Å². The van der Waals surface area contributed by atoms with Crippen LogP contribution in [-0.4, -0.2) is 28.2 Å². The quantitative estimate of drug-likeness (QED) is 0.801. The summed E-state index contributed by atoms with van der Waals surface area (Å²) in [5.74, 6) is -0.305. The summed E-state index contributed by atoms with van der Waals surface area (Å²) in [7, 11) is 1.58. The number of anilines is 1. The average Bonchev–Trinajstić information content (AvgIpc) is 2.94. The molecule has 0 saturated carbocycles. The van der Waals surface area contributed by atoms with Crippen molar-refractivity contribution in [1.82, 2.24) is 15.2 Å². The van der Waals surface area contributed by atoms with E-state index in [4.69, 9.17) is 4.74 Å². The Labute approximate surface area is 124 Å². The molecule has 0 bridgehead atoms. The van der Waals surface area contributed by atoms with Crippen LogP contribution in [-0.2, 0) is 11.3 Å². The highest BCUT2D eigenvalue weighted by Gasteiger charge is 2.11. The van der Waals surface area contributed by atoms with E-state index < -0.39 is 0 Å². The van der Waals surface area contributed by atoms with Gasteiger partial charge >= 0.3 is 0 Å². The number of hydrogen-bond acceptors (Lipinski definition) is 6. The van der Waals surface area contributed by atoms with Crippen LogP contribution in [0.15, 0.2) is 36.4 Å². The van der Waals surface area contributed by atoms with Gasteiger partial charge in [-0.2, -0.15) is 0 Å². The Morgan fingerprint density at radius 2 is 2.10 bits per heavy atom. The maximum absolute atomic E-state index is 12.2. The number of amides is 1. The van der Waals surface area contributed by atoms with Gasteiger partial charge in [-0.1, -0.05) is 35.6 Å². The number of ether oxygens (including phenoxy) is 1. The van der Waals surface area contributed by atoms with Crippen molar-refractivity contribution in [2.45, 2.75) is 6.61 Å². The third-order valence-corrected chi connectivity index (χ3v) is 3.60. The van der Waals surface area contributed by atoms with Crippen LogP contribution in [0.4, 0.5) is 5.13 Å². The van der Waals surface area contributed by atoms with Gasteiger partial charge in [0.1, 0.15) is 17.3 Å². The molecule has 0 aliphatic heterocycles. The molecular weight excluding hydrogens is 288 g/mol. The van der Waals surface area contributed by atoms with Crippen molar-refractivity contribution in [3.8, 4) is 0 Å². The number of nitrogens with one attached hydrogen (secondary N) is 1. The highest BCUT2D eigenvalue weighted by molar-refractivity contribution is 7.15. The van der Waals surface area contributed by atoms with Crippen molar-refractivity contribution >= 4 is 33.3 Å². The predicted octanol–water partition coefficient (Wildman–Crippen LogP) is 2.49. The molecule has 2 heterocycles. The zero-order valence-electron chi connectivity index (χ0n) is 11.2. The third kappa shape index (κ3) is 3.04. The maximum Gasteiger partial charge on any atom is 0.276 e. The van der Waals surface area contributed by atoms with Gasteiger partial charge < -0.3 is 4.74 Å². The van der Waals surface area contributed by atoms with Gasteiger partial charge in [-0.3, -0.25) is 10.1 Å². The largest absolute Gasteiger partial charge is 0.377 e. The zero-order chi connectivity index (χ0) is 14.7. The van der Waals surface area contributed by atoms with Gasteiger partial charge in [-0.05, 0) is 12.1 Å². The fourth-order valence-corrected chi connectivity index (χ4v) is 2.55. The van der Waals surface area contributed by atoms with Crippen LogP contribution in [0.5, 0.6) is 0 Å². The lowest BCUT2D eigenvalue weighted by molar-refractivity contribution is 0.102. The number of methoxy groups -OCH3 is 1. The topological polar surface area (TPSA) is 77.0 Å². The molecule has 1 N–H and O–H groups in total. The molecule has 1 aromatic carbocycles. The fraction of sp³-hybridized carbons (Fsp3) is 0.143. The first-order chi connectivity index (χ1) is 10.3. The molecule has 0 aliphatic carbocycles. The number of fused-ring (bicyclic) bond motifs is 1. The monoisotopic (exact) mass is 300 g/mol. The lowest BCUT2D eigenvalue weighted by atomic mass is 10.2. The molecule has 7 heteroatoms. The van der Waals surface area contributed by atoms with Crippen LogP contribution < -0.4 is 5.32 Å². The standard InChI is InChI=1S/C14H12N4O2S/c1-20-8-12-17-18-14(21-12)16-13(19)11-7-6-9-4-2-3-5-10(9)15-11/h2-7H,8H2,1H3,(H,16,18,19). The Hall–Kier alpha value is -2.38. The summed E-state index contributed by atoms with van der Waals surface area (Å²) in [6, 6.07) is 11.2. The molecule has 3 aromatic rings. The molecule has 0 spiro atoms. The molecule has 0 saturated heterocycles. The molecule has 0 radical (unpaired) electrons. The minimum atomic E-state index is -0.305. The van der Waals surface area contributed by atoms with Crippen molar-refractivity contribution in [2.24, 2.45) is 0 Å². The first kappa shape index (κ1) is 13.6. The first-order valence-corrected chi connectivity index (χ1v) is 7.06. The van der Waals surface area contributed by atoms with Crippen LogP contribution >= 0.6 is 11.3 Å². The van der Waals surface area contributed by atoms with Crippen molar-refractivity contribution in [2.75, 3.05) is 12.4 Å². The van der Waals surface area contributed by atoms with E-state index in [0.717, 1.165) is 10.9 Å². The second kappa shape index (κ2) is 5.94. The number of hydrogen-bond donors (Lipinski definition) is 1. The van der Waals surface area contributed by atoms with Crippen LogP contribution in [0.25, 0.3) is 10.9 Å². The molecule has 3 rings (SSSR count). The summed E-state index contributed by atoms with van der Waals surface area (Å²) >= 11 is 1.28. The molecule has 0 fully saturated rings. The molecule has 0 unspecified atom stereocenters. The summed E-state index contributed by atoms with van der Waals surface area (Å²) in [6.45, 7) is 0.377. The second-order valence-corrected chi connectivity index (χ2v) is 5.34. The number of carbonyl (C=O) groups is 1. The minimum absolute atomic E-state index is 0.305. The number of para-hydroxylation sites is 1. The molecule has 0 aliphatic rings. The SMILES string of the molecule is COCc1nnc(NC(=O)c2ccc3ccccc3n2)s1. The number of aromatic nitrogens is 3. The predicted molar refractivity (Wildman–Crippen MR) is 80.3 cm³/mol. The van der Waals surface area contributed by atoms with Gasteiger partial charge in [0.15, 0.2) is 0 Å². The van der Waals surface area contributed by atoms with E-state index in [1.54, 1.807) is 13.2 Å². The van der Waals surface area contributed by atoms with Gasteiger partial charge in [0.25, 0.3) is 5.91 Å². The normalized spacial score (nSPS) is 10.7. The van der Waals surface area contributed by atoms with Gasteiger partial charge in [-0.25, -0.2) is 4.98 Å². The lowest BCUT2D eigenvalue weighted by Gasteiger charge is -2.02. The Morgan fingerprint density at radius 3 is 2.95 bits per heavy atom. The molecule has 6 nitrogen and oxygen atoms in total. The Morgan fingerprint density at radius 1 is 1.24 bits per heavy atom. The Balaban J connectivity index is 1.79. The second-order valence-electron chi connectivity index (χ2n) is 4.28. The van der Waals surface area contributed by atoms with Crippen LogP contribution in [0.3, 0.4) is 0 Å². The fourth-order valence-electron chi connectivity index (χ4n) is 1.84. The molecule has 21 heavy (non-hydrogen) atoms. The van der Waals surface area contributed by atoms with E-state index in [-0.39, 0.29) is 5.91 Å². The van der Waals surface area contributed by atoms with Crippen molar-refractivity contribution < 1.29 is 9.53 Å². The highest BCUT2D eigenvalue weighted by atomic mass is 32.1. The van der Waals surface area contributed by atoms with Gasteiger partial charge in [-0.15, -0.1) is 10.2 Å². The van der Waals surface area contributed by atoms with E-state index in [2.05, 4.69) is 20.5 Å². The van der Waals surface area contributed by atoms with E-state index in [9.17, 15) is 4.79 Å². The van der Waals surface area contributed by atoms with Gasteiger partial charge in [0.2, 0.25) is 5.13 Å². The molecule has 0 atom stereocenters. The Bertz CT molecular complexity index is 787. The van der Waals surface area contributed by atoms with Crippen LogP contribution in [0.1, 0.15) is 15.5 Å². The summed E-state index contributed by atoms with van der Waals surface area (Å²) in [4.78, 5) is 16.5. The molecule has 106 valence electrons. The maximum atomic E-state index is 12.2. The van der Waals surface area contributed by atoms with E-state index in [1.807, 2.05) is 30.3 Å². The van der Waals surface area contributed by atoms with Gasteiger partial charge in [0.05, 0.1) is 5.52 Å². The van der Waals surface area contributed by atoms with Crippen molar-refractivity contribution in [3.05, 3.63) is 47.1 Å². The molecular formula is C14H12N4O2S. The number of rotatable bonds is 4. The summed E-state index contributed by atoms with van der Waals surface area (Å²) < 4.78 is 4.96. The van der Waals surface area contributed by atoms with Crippen LogP contribution in [0, 0.1) is 0 Å². The molecule has 2 aromatic heterocycles. The van der Waals surface area contributed by atoms with E-state index in [1.165, 1.54) is 11.3 Å². The molecule has 1 amide bonds. The Kier molecular flexibility index (Phi) is 3.85. The first-order valence-electron chi connectivity index (χ1n) is 6.25. The van der Waals surface area contributed by atoms with E-state index in [0.29, 0.717) is 22.4 Å². The smallest absolute Gasteiger partial charge is 0.276 e. The van der Waals surface area contributed by atoms with Crippen molar-refractivity contribution in [3.63, 3.8) is 0 Å². The third-order valence-electron chi connectivity index (χ3n) is 2.79. The summed E-state index contributed by atoms with van der Waals surface area (Å²) in [6.07, 6.45) is 0. The zero-order valence-corrected chi connectivity index (χ0v) is 12.1. The van der Waals surface area contributed by atoms with Crippen LogP contribution in [0.2, 0.25) is 0 Å². The summed E-state index contributed by atoms with van der Waals surface area (Å²) in [5.41, 5.74) is 1.12. The summed E-state index contributed by atoms with van der Waals surface area (Å²) in [5, 5.41) is 12.6. The number of carbonyl (C=O) groups excluding carboxylic acids is 1. The number of nitrogens with zero attached hydrogens (tertiary/aromatic N) is 3. The minimum Gasteiger partial charge on any atom is -0.377 e. The number of benzene rings is 1. The van der Waals surface area contributed by atoms with Gasteiger partial charge in [0, 0.05) is 12.5 Å². The number of pyridine rings is 1. The van der Waals surface area contributed by atoms with Crippen molar-refractivity contribution in [1.29, 1.82) is 0 Å². The highest BCUT2D eigenvalue weighted by Crippen LogP contribution is 2.17. The lowest BCUT2D eigenvalue weighted by Crippen LogP contribution is -2.13. The average molecular weight is 300 g/mol.